The Labute approximate surface area is 120 Å². The SMILES string of the molecule is CC1Cc2cc(O)ccc2C(C)N1C(=O)OC(C)(C)C. The zero-order valence-electron chi connectivity index (χ0n) is 12.8. The molecule has 1 N–H and O–H groups in total. The molecule has 2 unspecified atom stereocenters. The number of nitrogens with zero attached hydrogens (tertiary/aromatic N) is 1. The third-order valence-corrected chi connectivity index (χ3v) is 3.59. The van der Waals surface area contributed by atoms with Gasteiger partial charge in [-0.05, 0) is 64.3 Å². The van der Waals surface area contributed by atoms with Crippen LogP contribution in [-0.2, 0) is 11.2 Å². The van der Waals surface area contributed by atoms with Crippen molar-refractivity contribution in [1.82, 2.24) is 4.90 Å². The van der Waals surface area contributed by atoms with E-state index >= 15 is 0 Å². The summed E-state index contributed by atoms with van der Waals surface area (Å²) in [5.41, 5.74) is 1.68. The van der Waals surface area contributed by atoms with E-state index in [4.69, 9.17) is 4.74 Å². The topological polar surface area (TPSA) is 49.8 Å². The van der Waals surface area contributed by atoms with Gasteiger partial charge in [0.15, 0.2) is 0 Å². The van der Waals surface area contributed by atoms with Gasteiger partial charge in [0.25, 0.3) is 0 Å². The van der Waals surface area contributed by atoms with Crippen molar-refractivity contribution in [2.24, 2.45) is 0 Å². The molecule has 20 heavy (non-hydrogen) atoms. The molecular weight excluding hydrogens is 254 g/mol. The Bertz CT molecular complexity index is 519. The van der Waals surface area contributed by atoms with E-state index in [0.717, 1.165) is 17.5 Å². The van der Waals surface area contributed by atoms with Gasteiger partial charge in [-0.25, -0.2) is 4.79 Å². The minimum atomic E-state index is -0.494. The van der Waals surface area contributed by atoms with E-state index < -0.39 is 5.60 Å². The molecule has 1 amide bonds. The molecule has 0 aromatic heterocycles. The zero-order valence-corrected chi connectivity index (χ0v) is 12.8. The molecular formula is C16H23NO3. The number of hydrogen-bond donors (Lipinski definition) is 1. The minimum absolute atomic E-state index is 0.0501. The van der Waals surface area contributed by atoms with Crippen molar-refractivity contribution in [2.45, 2.75) is 58.7 Å². The summed E-state index contributed by atoms with van der Waals surface area (Å²) < 4.78 is 5.49. The van der Waals surface area contributed by atoms with Crippen LogP contribution < -0.4 is 0 Å². The summed E-state index contributed by atoms with van der Waals surface area (Å²) in [5, 5.41) is 9.58. The van der Waals surface area contributed by atoms with Crippen LogP contribution in [0.15, 0.2) is 18.2 Å². The lowest BCUT2D eigenvalue weighted by molar-refractivity contribution is 0.00583. The molecule has 1 heterocycles. The molecule has 1 aliphatic heterocycles. The van der Waals surface area contributed by atoms with Crippen LogP contribution in [0.25, 0.3) is 0 Å². The van der Waals surface area contributed by atoms with Crippen molar-refractivity contribution in [3.8, 4) is 5.75 Å². The number of ether oxygens (including phenoxy) is 1. The number of fused-ring (bicyclic) bond motifs is 1. The number of amides is 1. The lowest BCUT2D eigenvalue weighted by Gasteiger charge is -2.40. The van der Waals surface area contributed by atoms with Gasteiger partial charge in [0.05, 0.1) is 6.04 Å². The number of phenols is 1. The third kappa shape index (κ3) is 2.89. The first-order valence-electron chi connectivity index (χ1n) is 7.02. The Hall–Kier alpha value is -1.71. The number of carbonyl (C=O) groups excluding carboxylic acids is 1. The summed E-state index contributed by atoms with van der Waals surface area (Å²) in [6.45, 7) is 9.62. The Balaban J connectivity index is 2.29. The van der Waals surface area contributed by atoms with Crippen LogP contribution in [0.5, 0.6) is 5.75 Å². The van der Waals surface area contributed by atoms with Crippen LogP contribution in [0, 0.1) is 0 Å². The molecule has 0 aliphatic carbocycles. The van der Waals surface area contributed by atoms with E-state index in [0.29, 0.717) is 0 Å². The summed E-state index contributed by atoms with van der Waals surface area (Å²) in [6, 6.07) is 5.34. The number of aromatic hydroxyl groups is 1. The summed E-state index contributed by atoms with van der Waals surface area (Å²) >= 11 is 0. The molecule has 1 aromatic rings. The molecule has 0 spiro atoms. The van der Waals surface area contributed by atoms with E-state index in [2.05, 4.69) is 0 Å². The van der Waals surface area contributed by atoms with Gasteiger partial charge in [-0.1, -0.05) is 6.07 Å². The van der Waals surface area contributed by atoms with Crippen LogP contribution in [-0.4, -0.2) is 27.7 Å². The third-order valence-electron chi connectivity index (χ3n) is 3.59. The Morgan fingerprint density at radius 3 is 2.60 bits per heavy atom. The highest BCUT2D eigenvalue weighted by Crippen LogP contribution is 2.35. The molecule has 2 rings (SSSR count). The molecule has 0 saturated carbocycles. The quantitative estimate of drug-likeness (QED) is 0.787. The molecule has 0 saturated heterocycles. The van der Waals surface area contributed by atoms with Gasteiger partial charge in [0.1, 0.15) is 11.4 Å². The average Bonchev–Trinajstić information content (AvgIpc) is 2.25. The fourth-order valence-electron chi connectivity index (χ4n) is 2.78. The fourth-order valence-corrected chi connectivity index (χ4v) is 2.78. The average molecular weight is 277 g/mol. The first-order valence-corrected chi connectivity index (χ1v) is 7.02. The predicted octanol–water partition coefficient (Wildman–Crippen LogP) is 3.63. The van der Waals surface area contributed by atoms with Gasteiger partial charge in [-0.3, -0.25) is 4.90 Å². The molecule has 2 atom stereocenters. The van der Waals surface area contributed by atoms with Crippen molar-refractivity contribution in [3.63, 3.8) is 0 Å². The van der Waals surface area contributed by atoms with E-state index in [9.17, 15) is 9.90 Å². The lowest BCUT2D eigenvalue weighted by atomic mass is 9.89. The predicted molar refractivity (Wildman–Crippen MR) is 77.8 cm³/mol. The first-order chi connectivity index (χ1) is 9.19. The minimum Gasteiger partial charge on any atom is -0.508 e. The van der Waals surface area contributed by atoms with Crippen LogP contribution >= 0.6 is 0 Å². The van der Waals surface area contributed by atoms with E-state index in [1.807, 2.05) is 40.7 Å². The summed E-state index contributed by atoms with van der Waals surface area (Å²) in [7, 11) is 0. The van der Waals surface area contributed by atoms with Crippen molar-refractivity contribution < 1.29 is 14.6 Å². The van der Waals surface area contributed by atoms with E-state index in [-0.39, 0.29) is 23.9 Å². The number of benzene rings is 1. The summed E-state index contributed by atoms with van der Waals surface area (Å²) in [4.78, 5) is 14.1. The highest BCUT2D eigenvalue weighted by Gasteiger charge is 2.35. The van der Waals surface area contributed by atoms with Gasteiger partial charge in [0, 0.05) is 6.04 Å². The Morgan fingerprint density at radius 1 is 1.35 bits per heavy atom. The van der Waals surface area contributed by atoms with E-state index in [1.54, 1.807) is 17.0 Å². The highest BCUT2D eigenvalue weighted by atomic mass is 16.6. The second-order valence-corrected chi connectivity index (χ2v) is 6.50. The van der Waals surface area contributed by atoms with Crippen molar-refractivity contribution in [2.75, 3.05) is 0 Å². The van der Waals surface area contributed by atoms with Gasteiger partial charge < -0.3 is 9.84 Å². The fraction of sp³-hybridized carbons (Fsp3) is 0.562. The van der Waals surface area contributed by atoms with Crippen LogP contribution in [0.4, 0.5) is 4.79 Å². The van der Waals surface area contributed by atoms with Crippen LogP contribution in [0.3, 0.4) is 0 Å². The lowest BCUT2D eigenvalue weighted by Crippen LogP contribution is -2.47. The molecule has 110 valence electrons. The highest BCUT2D eigenvalue weighted by molar-refractivity contribution is 5.70. The molecule has 4 nitrogen and oxygen atoms in total. The maximum absolute atomic E-state index is 12.4. The number of carbonyl (C=O) groups is 1. The maximum Gasteiger partial charge on any atom is 0.411 e. The zero-order chi connectivity index (χ0) is 15.1. The van der Waals surface area contributed by atoms with Crippen molar-refractivity contribution in [1.29, 1.82) is 0 Å². The summed E-state index contributed by atoms with van der Waals surface area (Å²) in [6.07, 6.45) is 0.448. The largest absolute Gasteiger partial charge is 0.508 e. The second kappa shape index (κ2) is 5.00. The molecule has 0 radical (unpaired) electrons. The van der Waals surface area contributed by atoms with Gasteiger partial charge in [0.2, 0.25) is 0 Å². The monoisotopic (exact) mass is 277 g/mol. The molecule has 1 aromatic carbocycles. The van der Waals surface area contributed by atoms with Gasteiger partial charge in [-0.2, -0.15) is 0 Å². The standard InChI is InChI=1S/C16H23NO3/c1-10-8-12-9-13(18)6-7-14(12)11(2)17(10)15(19)20-16(3,4)5/h6-7,9-11,18H,8H2,1-5H3. The Morgan fingerprint density at radius 2 is 2.00 bits per heavy atom. The molecule has 0 bridgehead atoms. The molecule has 0 fully saturated rings. The normalized spacial score (nSPS) is 22.4. The number of hydrogen-bond acceptors (Lipinski definition) is 3. The smallest absolute Gasteiger partial charge is 0.411 e. The summed E-state index contributed by atoms with van der Waals surface area (Å²) in [5.74, 6) is 0.272. The van der Waals surface area contributed by atoms with Crippen molar-refractivity contribution >= 4 is 6.09 Å². The maximum atomic E-state index is 12.4. The van der Waals surface area contributed by atoms with Crippen LogP contribution in [0.2, 0.25) is 0 Å². The number of phenolic OH excluding ortho intramolecular Hbond substituents is 1. The van der Waals surface area contributed by atoms with Gasteiger partial charge >= 0.3 is 6.09 Å². The molecule has 4 heteroatoms. The number of rotatable bonds is 0. The van der Waals surface area contributed by atoms with Gasteiger partial charge in [-0.15, -0.1) is 0 Å². The first kappa shape index (κ1) is 14.7. The Kier molecular flexibility index (Phi) is 3.67. The van der Waals surface area contributed by atoms with Crippen LogP contribution in [0.1, 0.15) is 51.8 Å². The van der Waals surface area contributed by atoms with E-state index in [1.165, 1.54) is 0 Å². The molecule has 1 aliphatic rings. The van der Waals surface area contributed by atoms with Crippen molar-refractivity contribution in [3.05, 3.63) is 29.3 Å². The second-order valence-electron chi connectivity index (χ2n) is 6.50.